The van der Waals surface area contributed by atoms with Gasteiger partial charge in [0.25, 0.3) is 0 Å². The van der Waals surface area contributed by atoms with Gasteiger partial charge in [-0.2, -0.15) is 0 Å². The van der Waals surface area contributed by atoms with Crippen LogP contribution < -0.4 is 15.0 Å². The van der Waals surface area contributed by atoms with Gasteiger partial charge in [-0.3, -0.25) is 9.59 Å². The molecule has 0 bridgehead atoms. The summed E-state index contributed by atoms with van der Waals surface area (Å²) in [6.45, 7) is 4.51. The van der Waals surface area contributed by atoms with E-state index in [1.54, 1.807) is 47.0 Å². The molecule has 7 nitrogen and oxygen atoms in total. The molecule has 4 rings (SSSR count). The molecule has 0 aromatic heterocycles. The van der Waals surface area contributed by atoms with Crippen molar-refractivity contribution in [3.05, 3.63) is 120 Å². The number of hydrogen-bond donors (Lipinski definition) is 1. The number of ketones is 1. The molecule has 0 saturated carbocycles. The lowest BCUT2D eigenvalue weighted by Gasteiger charge is -2.25. The summed E-state index contributed by atoms with van der Waals surface area (Å²) in [6.07, 6.45) is 2.36. The van der Waals surface area contributed by atoms with E-state index in [2.05, 4.69) is 5.32 Å². The van der Waals surface area contributed by atoms with Crippen LogP contribution in [0.15, 0.2) is 108 Å². The Kier molecular flexibility index (Phi) is 11.6. The fourth-order valence-corrected chi connectivity index (χ4v) is 5.14. The highest BCUT2D eigenvalue weighted by Gasteiger charge is 2.23. The van der Waals surface area contributed by atoms with Gasteiger partial charge in [-0.1, -0.05) is 68.4 Å². The molecule has 4 aromatic carbocycles. The molecule has 0 aliphatic carbocycles. The Morgan fingerprint density at radius 3 is 2.14 bits per heavy atom. The molecule has 44 heavy (non-hydrogen) atoms. The molecule has 1 N–H and O–H groups in total. The minimum Gasteiger partial charge on any atom is -0.492 e. The van der Waals surface area contributed by atoms with Crippen molar-refractivity contribution in [2.24, 2.45) is 5.92 Å². The van der Waals surface area contributed by atoms with Crippen molar-refractivity contribution in [1.29, 1.82) is 0 Å². The average Bonchev–Trinajstić information content (AvgIpc) is 3.06. The second-order valence-corrected chi connectivity index (χ2v) is 11.4. The molecule has 0 spiro atoms. The molecule has 0 unspecified atom stereocenters. The van der Waals surface area contributed by atoms with E-state index >= 15 is 0 Å². The first kappa shape index (κ1) is 32.4. The van der Waals surface area contributed by atoms with Gasteiger partial charge in [0.1, 0.15) is 18.4 Å². The summed E-state index contributed by atoms with van der Waals surface area (Å²) in [5.74, 6) is -0.0226. The van der Waals surface area contributed by atoms with Crippen molar-refractivity contribution in [1.82, 2.24) is 0 Å². The van der Waals surface area contributed by atoms with Gasteiger partial charge < -0.3 is 19.7 Å². The Bertz CT molecular complexity index is 1540. The number of ether oxygens (including phenoxy) is 2. The lowest BCUT2D eigenvalue weighted by atomic mass is 10.00. The van der Waals surface area contributed by atoms with E-state index < -0.39 is 12.0 Å². The van der Waals surface area contributed by atoms with Crippen LogP contribution in [0.1, 0.15) is 35.3 Å². The van der Waals surface area contributed by atoms with Crippen molar-refractivity contribution in [2.75, 3.05) is 36.7 Å². The smallest absolute Gasteiger partial charge is 0.328 e. The highest BCUT2D eigenvalue weighted by molar-refractivity contribution is 7.98. The third-order valence-corrected chi connectivity index (χ3v) is 7.86. The number of esters is 1. The van der Waals surface area contributed by atoms with E-state index in [0.717, 1.165) is 16.1 Å². The number of anilines is 2. The Morgan fingerprint density at radius 1 is 0.841 bits per heavy atom. The monoisotopic (exact) mass is 610 g/mol. The van der Waals surface area contributed by atoms with E-state index in [4.69, 9.17) is 9.47 Å². The number of rotatable bonds is 14. The fraction of sp³-hybridized carbons (Fsp3) is 0.250. The quantitative estimate of drug-likeness (QED) is 0.0944. The summed E-state index contributed by atoms with van der Waals surface area (Å²) in [4.78, 5) is 41.8. The lowest BCUT2D eigenvalue weighted by molar-refractivity contribution is -0.141. The van der Waals surface area contributed by atoms with Gasteiger partial charge >= 0.3 is 5.97 Å². The number of para-hydroxylation sites is 1. The Morgan fingerprint density at radius 2 is 1.50 bits per heavy atom. The van der Waals surface area contributed by atoms with Crippen LogP contribution in [0.3, 0.4) is 0 Å². The van der Waals surface area contributed by atoms with E-state index in [1.165, 1.54) is 7.11 Å². The number of nitrogens with one attached hydrogen (secondary N) is 1. The minimum atomic E-state index is -0.718. The first-order chi connectivity index (χ1) is 21.3. The zero-order valence-electron chi connectivity index (χ0n) is 25.5. The molecule has 8 heteroatoms. The standard InChI is InChI=1S/C36H38N2O5S/c1-25(2)35(40)38(28-16-20-30(44-4)21-17-28)22-23-43-29-18-14-26(15-19-29)24-33(36(41)42-3)37-32-13-9-8-12-31(32)34(39)27-10-6-5-7-11-27/h5-21,25,33,37H,22-24H2,1-4H3/t33-/m0/s1. The van der Waals surface area contributed by atoms with Gasteiger partial charge in [-0.15, -0.1) is 11.8 Å². The fourth-order valence-electron chi connectivity index (χ4n) is 4.73. The molecule has 1 atom stereocenters. The molecular weight excluding hydrogens is 572 g/mol. The molecular formula is C36H38N2O5S. The molecule has 0 aliphatic rings. The lowest BCUT2D eigenvalue weighted by Crippen LogP contribution is -2.37. The number of carbonyl (C=O) groups is 3. The third kappa shape index (κ3) is 8.51. The van der Waals surface area contributed by atoms with Crippen LogP contribution in [0.5, 0.6) is 5.75 Å². The predicted molar refractivity (Wildman–Crippen MR) is 177 cm³/mol. The van der Waals surface area contributed by atoms with E-state index in [9.17, 15) is 14.4 Å². The van der Waals surface area contributed by atoms with Crippen LogP contribution in [-0.2, 0) is 20.7 Å². The molecule has 1 amide bonds. The summed E-state index contributed by atoms with van der Waals surface area (Å²) >= 11 is 1.66. The van der Waals surface area contributed by atoms with Crippen LogP contribution in [-0.4, -0.2) is 50.2 Å². The summed E-state index contributed by atoms with van der Waals surface area (Å²) in [6, 6.07) is 30.9. The number of thioether (sulfide) groups is 1. The highest BCUT2D eigenvalue weighted by atomic mass is 32.2. The number of nitrogens with zero attached hydrogens (tertiary/aromatic N) is 1. The van der Waals surface area contributed by atoms with Gasteiger partial charge in [0.05, 0.1) is 13.7 Å². The maximum atomic E-state index is 13.2. The number of carbonyl (C=O) groups excluding carboxylic acids is 3. The predicted octanol–water partition coefficient (Wildman–Crippen LogP) is 6.90. The first-order valence-electron chi connectivity index (χ1n) is 14.5. The topological polar surface area (TPSA) is 84.9 Å². The van der Waals surface area contributed by atoms with Gasteiger partial charge in [-0.25, -0.2) is 4.79 Å². The zero-order valence-corrected chi connectivity index (χ0v) is 26.3. The third-order valence-electron chi connectivity index (χ3n) is 7.11. The van der Waals surface area contributed by atoms with Crippen molar-refractivity contribution in [2.45, 2.75) is 31.2 Å². The van der Waals surface area contributed by atoms with Gasteiger partial charge in [0.2, 0.25) is 5.91 Å². The van der Waals surface area contributed by atoms with Crippen LogP contribution in [0.2, 0.25) is 0 Å². The molecule has 0 heterocycles. The van der Waals surface area contributed by atoms with E-state index in [1.807, 2.05) is 92.9 Å². The normalized spacial score (nSPS) is 11.5. The largest absolute Gasteiger partial charge is 0.492 e. The van der Waals surface area contributed by atoms with Gasteiger partial charge in [0.15, 0.2) is 5.78 Å². The maximum absolute atomic E-state index is 13.2. The SMILES string of the molecule is COC(=O)[C@H](Cc1ccc(OCCN(C(=O)C(C)C)c2ccc(SC)cc2)cc1)Nc1ccccc1C(=O)c1ccccc1. The summed E-state index contributed by atoms with van der Waals surface area (Å²) in [5, 5.41) is 3.24. The van der Waals surface area contributed by atoms with E-state index in [-0.39, 0.29) is 17.6 Å². The van der Waals surface area contributed by atoms with Gasteiger partial charge in [0, 0.05) is 39.7 Å². The number of methoxy groups -OCH3 is 1. The first-order valence-corrected chi connectivity index (χ1v) is 15.7. The molecule has 4 aromatic rings. The number of hydrogen-bond acceptors (Lipinski definition) is 7. The summed E-state index contributed by atoms with van der Waals surface area (Å²) < 4.78 is 11.1. The van der Waals surface area contributed by atoms with Crippen molar-refractivity contribution in [3.63, 3.8) is 0 Å². The highest BCUT2D eigenvalue weighted by Crippen LogP contribution is 2.24. The van der Waals surface area contributed by atoms with E-state index in [0.29, 0.717) is 42.1 Å². The second kappa shape index (κ2) is 15.8. The molecule has 228 valence electrons. The Balaban J connectivity index is 1.41. The maximum Gasteiger partial charge on any atom is 0.328 e. The molecule has 0 radical (unpaired) electrons. The zero-order chi connectivity index (χ0) is 31.5. The van der Waals surface area contributed by atoms with Crippen LogP contribution >= 0.6 is 11.8 Å². The van der Waals surface area contributed by atoms with Crippen molar-refractivity contribution in [3.8, 4) is 5.75 Å². The number of benzene rings is 4. The molecule has 0 saturated heterocycles. The molecule has 0 aliphatic heterocycles. The van der Waals surface area contributed by atoms with Gasteiger partial charge in [-0.05, 0) is 60.4 Å². The van der Waals surface area contributed by atoms with Crippen molar-refractivity contribution >= 4 is 40.8 Å². The van der Waals surface area contributed by atoms with Crippen molar-refractivity contribution < 1.29 is 23.9 Å². The second-order valence-electron chi connectivity index (χ2n) is 10.5. The van der Waals surface area contributed by atoms with Crippen LogP contribution in [0.4, 0.5) is 11.4 Å². The minimum absolute atomic E-state index is 0.0363. The summed E-state index contributed by atoms with van der Waals surface area (Å²) in [7, 11) is 1.35. The Labute approximate surface area is 263 Å². The summed E-state index contributed by atoms with van der Waals surface area (Å²) in [5.41, 5.74) is 3.32. The van der Waals surface area contributed by atoms with Crippen LogP contribution in [0.25, 0.3) is 0 Å². The number of amides is 1. The van der Waals surface area contributed by atoms with Crippen LogP contribution in [0, 0.1) is 5.92 Å². The average molecular weight is 611 g/mol. The molecule has 0 fully saturated rings. The Hall–Kier alpha value is -4.56.